The number of amides is 1. The second-order valence-corrected chi connectivity index (χ2v) is 6.04. The topological polar surface area (TPSA) is 38.3 Å². The van der Waals surface area contributed by atoms with Crippen molar-refractivity contribution in [1.29, 1.82) is 0 Å². The van der Waals surface area contributed by atoms with Gasteiger partial charge in [0.25, 0.3) is 0 Å². The summed E-state index contributed by atoms with van der Waals surface area (Å²) in [6.07, 6.45) is 0.718. The molecule has 3 rings (SSSR count). The molecule has 1 aliphatic rings. The highest BCUT2D eigenvalue weighted by Gasteiger charge is 2.26. The van der Waals surface area contributed by atoms with E-state index < -0.39 is 0 Å². The number of carbonyl (C=O) groups excluding carboxylic acids is 1. The molecule has 1 heterocycles. The minimum absolute atomic E-state index is 0.0250. The third-order valence-corrected chi connectivity index (χ3v) is 4.23. The molecule has 0 aromatic heterocycles. The molecule has 0 bridgehead atoms. The second kappa shape index (κ2) is 6.41. The summed E-state index contributed by atoms with van der Waals surface area (Å²) in [7, 11) is 0. The summed E-state index contributed by atoms with van der Waals surface area (Å²) in [6, 6.07) is 15.3. The van der Waals surface area contributed by atoms with Gasteiger partial charge in [-0.3, -0.25) is 4.79 Å². The molecule has 0 fully saturated rings. The smallest absolute Gasteiger partial charge is 0.227 e. The van der Waals surface area contributed by atoms with E-state index in [0.29, 0.717) is 11.6 Å². The molecule has 0 radical (unpaired) electrons. The van der Waals surface area contributed by atoms with E-state index in [0.717, 1.165) is 23.3 Å². The highest BCUT2D eigenvalue weighted by Crippen LogP contribution is 2.27. The molecular formula is C18H18ClNO2. The number of benzene rings is 2. The zero-order chi connectivity index (χ0) is 15.5. The van der Waals surface area contributed by atoms with Gasteiger partial charge in [-0.25, -0.2) is 0 Å². The van der Waals surface area contributed by atoms with Crippen LogP contribution < -0.4 is 10.1 Å². The zero-order valence-electron chi connectivity index (χ0n) is 12.4. The lowest BCUT2D eigenvalue weighted by Gasteiger charge is -2.26. The summed E-state index contributed by atoms with van der Waals surface area (Å²) in [6.45, 7) is 2.40. The van der Waals surface area contributed by atoms with Crippen molar-refractivity contribution in [2.45, 2.75) is 19.4 Å². The van der Waals surface area contributed by atoms with Gasteiger partial charge in [0.15, 0.2) is 0 Å². The number of para-hydroxylation sites is 1. The molecule has 0 saturated heterocycles. The fraction of sp³-hybridized carbons (Fsp3) is 0.278. The summed E-state index contributed by atoms with van der Waals surface area (Å²) >= 11 is 5.89. The summed E-state index contributed by atoms with van der Waals surface area (Å²) in [5.41, 5.74) is 2.13. The molecule has 0 unspecified atom stereocenters. The first-order valence-electron chi connectivity index (χ1n) is 7.40. The summed E-state index contributed by atoms with van der Waals surface area (Å²) in [5, 5.41) is 3.75. The van der Waals surface area contributed by atoms with Crippen LogP contribution >= 0.6 is 11.6 Å². The number of halogens is 1. The highest BCUT2D eigenvalue weighted by atomic mass is 35.5. The molecule has 2 aromatic rings. The van der Waals surface area contributed by atoms with Crippen molar-refractivity contribution >= 4 is 17.5 Å². The maximum absolute atomic E-state index is 12.4. The van der Waals surface area contributed by atoms with Crippen LogP contribution in [0.25, 0.3) is 0 Å². The molecular weight excluding hydrogens is 298 g/mol. The van der Waals surface area contributed by atoms with Crippen molar-refractivity contribution in [2.75, 3.05) is 6.61 Å². The Morgan fingerprint density at radius 3 is 2.73 bits per heavy atom. The molecule has 2 aromatic carbocycles. The van der Waals surface area contributed by atoms with Gasteiger partial charge in [-0.05, 0) is 42.7 Å². The van der Waals surface area contributed by atoms with Gasteiger partial charge in [0.05, 0.1) is 12.0 Å². The Morgan fingerprint density at radius 1 is 1.23 bits per heavy atom. The first-order valence-corrected chi connectivity index (χ1v) is 7.78. The number of nitrogens with one attached hydrogen (secondary N) is 1. The maximum atomic E-state index is 12.4. The van der Waals surface area contributed by atoms with E-state index >= 15 is 0 Å². The molecule has 0 saturated carbocycles. The Hall–Kier alpha value is -2.00. The van der Waals surface area contributed by atoms with Crippen LogP contribution in [0.4, 0.5) is 0 Å². The van der Waals surface area contributed by atoms with E-state index in [2.05, 4.69) is 5.32 Å². The average molecular weight is 316 g/mol. The van der Waals surface area contributed by atoms with Gasteiger partial charge in [-0.2, -0.15) is 0 Å². The van der Waals surface area contributed by atoms with Crippen LogP contribution in [0.1, 0.15) is 24.1 Å². The molecule has 3 nitrogen and oxygen atoms in total. The Bertz CT molecular complexity index is 669. The quantitative estimate of drug-likeness (QED) is 0.936. The largest absolute Gasteiger partial charge is 0.492 e. The third-order valence-electron chi connectivity index (χ3n) is 3.98. The number of ether oxygens (including phenoxy) is 1. The van der Waals surface area contributed by atoms with E-state index in [4.69, 9.17) is 16.3 Å². The lowest BCUT2D eigenvalue weighted by atomic mass is 9.95. The van der Waals surface area contributed by atoms with Gasteiger partial charge >= 0.3 is 0 Å². The number of hydrogen-bond donors (Lipinski definition) is 1. The molecule has 4 heteroatoms. The fourth-order valence-corrected chi connectivity index (χ4v) is 2.79. The Balaban J connectivity index is 1.64. The molecule has 1 amide bonds. The van der Waals surface area contributed by atoms with Gasteiger partial charge < -0.3 is 10.1 Å². The Morgan fingerprint density at radius 2 is 1.95 bits per heavy atom. The number of hydrogen-bond acceptors (Lipinski definition) is 2. The molecule has 1 N–H and O–H groups in total. The third kappa shape index (κ3) is 3.25. The first kappa shape index (κ1) is 14.9. The van der Waals surface area contributed by atoms with Gasteiger partial charge in [0.2, 0.25) is 5.91 Å². The van der Waals surface area contributed by atoms with Crippen LogP contribution in [0.15, 0.2) is 48.5 Å². The highest BCUT2D eigenvalue weighted by molar-refractivity contribution is 6.30. The van der Waals surface area contributed by atoms with Crippen LogP contribution in [0.2, 0.25) is 5.02 Å². The second-order valence-electron chi connectivity index (χ2n) is 5.60. The van der Waals surface area contributed by atoms with E-state index in [1.165, 1.54) is 0 Å². The standard InChI is InChI=1S/C18H18ClNO2/c1-12(13-6-8-16(19)9-7-13)20-18(21)15-10-14-4-2-3-5-17(14)22-11-15/h2-9,12,15H,10-11H2,1H3,(H,20,21)/t12-,15-/m0/s1. The summed E-state index contributed by atoms with van der Waals surface area (Å²) < 4.78 is 5.68. The predicted molar refractivity (Wildman–Crippen MR) is 87.1 cm³/mol. The molecule has 0 spiro atoms. The molecule has 0 aliphatic carbocycles. The van der Waals surface area contributed by atoms with Crippen LogP contribution in [0.5, 0.6) is 5.75 Å². The summed E-state index contributed by atoms with van der Waals surface area (Å²) in [4.78, 5) is 12.4. The number of carbonyl (C=O) groups is 1. The molecule has 1 aliphatic heterocycles. The van der Waals surface area contributed by atoms with Crippen LogP contribution in [-0.4, -0.2) is 12.5 Å². The van der Waals surface area contributed by atoms with Crippen molar-refractivity contribution < 1.29 is 9.53 Å². The molecule has 2 atom stereocenters. The lowest BCUT2D eigenvalue weighted by Crippen LogP contribution is -2.38. The Kier molecular flexibility index (Phi) is 4.34. The predicted octanol–water partition coefficient (Wildman–Crippen LogP) is 3.77. The average Bonchev–Trinajstić information content (AvgIpc) is 2.55. The first-order chi connectivity index (χ1) is 10.6. The minimum Gasteiger partial charge on any atom is -0.492 e. The van der Waals surface area contributed by atoms with Crippen LogP contribution in [0, 0.1) is 5.92 Å². The van der Waals surface area contributed by atoms with Crippen molar-refractivity contribution in [3.05, 3.63) is 64.7 Å². The van der Waals surface area contributed by atoms with Crippen molar-refractivity contribution in [1.82, 2.24) is 5.32 Å². The summed E-state index contributed by atoms with van der Waals surface area (Å²) in [5.74, 6) is 0.763. The van der Waals surface area contributed by atoms with Crippen molar-refractivity contribution in [2.24, 2.45) is 5.92 Å². The zero-order valence-corrected chi connectivity index (χ0v) is 13.1. The fourth-order valence-electron chi connectivity index (χ4n) is 2.66. The van der Waals surface area contributed by atoms with E-state index in [-0.39, 0.29) is 17.9 Å². The maximum Gasteiger partial charge on any atom is 0.227 e. The SMILES string of the molecule is C[C@H](NC(=O)[C@@H]1COc2ccccc2C1)c1ccc(Cl)cc1. The van der Waals surface area contributed by atoms with Gasteiger partial charge in [0, 0.05) is 5.02 Å². The van der Waals surface area contributed by atoms with E-state index in [9.17, 15) is 4.79 Å². The minimum atomic E-state index is -0.148. The van der Waals surface area contributed by atoms with Crippen molar-refractivity contribution in [3.8, 4) is 5.75 Å². The van der Waals surface area contributed by atoms with Crippen LogP contribution in [0.3, 0.4) is 0 Å². The lowest BCUT2D eigenvalue weighted by molar-refractivity contribution is -0.126. The molecule has 114 valence electrons. The number of rotatable bonds is 3. The monoisotopic (exact) mass is 315 g/mol. The van der Waals surface area contributed by atoms with Gasteiger partial charge in [-0.15, -0.1) is 0 Å². The number of fused-ring (bicyclic) bond motifs is 1. The van der Waals surface area contributed by atoms with E-state index in [1.807, 2.05) is 55.5 Å². The Labute approximate surface area is 135 Å². The van der Waals surface area contributed by atoms with Crippen LogP contribution in [-0.2, 0) is 11.2 Å². The van der Waals surface area contributed by atoms with Gasteiger partial charge in [-0.1, -0.05) is 41.9 Å². The van der Waals surface area contributed by atoms with Crippen molar-refractivity contribution in [3.63, 3.8) is 0 Å². The molecule has 22 heavy (non-hydrogen) atoms. The normalized spacial score (nSPS) is 18.0. The van der Waals surface area contributed by atoms with Gasteiger partial charge in [0.1, 0.15) is 12.4 Å². The van der Waals surface area contributed by atoms with E-state index in [1.54, 1.807) is 0 Å².